The highest BCUT2D eigenvalue weighted by Crippen LogP contribution is 2.34. The summed E-state index contributed by atoms with van der Waals surface area (Å²) in [6, 6.07) is 1.31. The molecule has 0 unspecified atom stereocenters. The zero-order valence-electron chi connectivity index (χ0n) is 13.0. The predicted octanol–water partition coefficient (Wildman–Crippen LogP) is 1.95. The van der Waals surface area contributed by atoms with E-state index in [4.69, 9.17) is 4.42 Å². The first-order chi connectivity index (χ1) is 10.9. The second-order valence-corrected chi connectivity index (χ2v) is 5.95. The summed E-state index contributed by atoms with van der Waals surface area (Å²) in [4.78, 5) is 12.7. The maximum atomic E-state index is 12.7. The average molecular weight is 314 g/mol. The van der Waals surface area contributed by atoms with E-state index in [2.05, 4.69) is 0 Å². The molecule has 0 spiro atoms. The number of aliphatic hydroxyl groups is 1. The molecule has 0 atom stereocenters. The fraction of sp³-hybridized carbons (Fsp3) is 0.278. The van der Waals surface area contributed by atoms with Crippen LogP contribution in [0.3, 0.4) is 0 Å². The Bertz CT molecular complexity index is 1000. The van der Waals surface area contributed by atoms with Crippen molar-refractivity contribution in [3.63, 3.8) is 0 Å². The van der Waals surface area contributed by atoms with Gasteiger partial charge in [-0.2, -0.15) is 0 Å². The number of hydrogen-bond donors (Lipinski definition) is 3. The first-order valence-corrected chi connectivity index (χ1v) is 7.46. The number of phenolic OH excluding ortho intramolecular Hbond substituents is 2. The van der Waals surface area contributed by atoms with Crippen LogP contribution in [0.2, 0.25) is 0 Å². The molecule has 0 radical (unpaired) electrons. The molecule has 120 valence electrons. The fourth-order valence-electron chi connectivity index (χ4n) is 2.75. The van der Waals surface area contributed by atoms with Gasteiger partial charge in [-0.1, -0.05) is 17.7 Å². The molecule has 0 amide bonds. The zero-order chi connectivity index (χ0) is 16.7. The van der Waals surface area contributed by atoms with Crippen LogP contribution in [0, 0.1) is 0 Å². The third kappa shape index (κ3) is 2.48. The Labute approximate surface area is 132 Å². The second-order valence-electron chi connectivity index (χ2n) is 5.95. The van der Waals surface area contributed by atoms with Gasteiger partial charge in [0.15, 0.2) is 5.42 Å². The van der Waals surface area contributed by atoms with Crippen LogP contribution >= 0.6 is 0 Å². The van der Waals surface area contributed by atoms with E-state index in [1.165, 1.54) is 6.07 Å². The van der Waals surface area contributed by atoms with Gasteiger partial charge in [-0.3, -0.25) is 4.79 Å². The van der Waals surface area contributed by atoms with Crippen molar-refractivity contribution in [2.45, 2.75) is 33.1 Å². The second kappa shape index (κ2) is 5.50. The van der Waals surface area contributed by atoms with E-state index in [9.17, 15) is 20.1 Å². The monoisotopic (exact) mass is 314 g/mol. The number of aliphatic hydroxyl groups excluding tert-OH is 1. The van der Waals surface area contributed by atoms with Gasteiger partial charge in [0.05, 0.1) is 5.22 Å². The van der Waals surface area contributed by atoms with Gasteiger partial charge in [0, 0.05) is 18.1 Å². The van der Waals surface area contributed by atoms with Crippen LogP contribution in [0.15, 0.2) is 26.9 Å². The minimum atomic E-state index is -0.400. The molecule has 3 N–H and O–H groups in total. The van der Waals surface area contributed by atoms with Gasteiger partial charge >= 0.3 is 0 Å². The highest BCUT2D eigenvalue weighted by molar-refractivity contribution is 5.87. The highest BCUT2D eigenvalue weighted by Gasteiger charge is 2.18. The van der Waals surface area contributed by atoms with Crippen molar-refractivity contribution >= 4 is 22.8 Å². The third-order valence-electron chi connectivity index (χ3n) is 3.98. The molecule has 5 nitrogen and oxygen atoms in total. The fourth-order valence-corrected chi connectivity index (χ4v) is 2.75. The molecule has 0 bridgehead atoms. The molecule has 0 aliphatic heterocycles. The van der Waals surface area contributed by atoms with E-state index in [0.717, 1.165) is 5.57 Å². The Balaban J connectivity index is 2.42. The van der Waals surface area contributed by atoms with E-state index in [0.29, 0.717) is 19.3 Å². The molecule has 0 saturated heterocycles. The Morgan fingerprint density at radius 1 is 1.30 bits per heavy atom. The summed E-state index contributed by atoms with van der Waals surface area (Å²) >= 11 is 0. The molecular weight excluding hydrogens is 296 g/mol. The quantitative estimate of drug-likeness (QED) is 0.737. The van der Waals surface area contributed by atoms with Gasteiger partial charge < -0.3 is 19.7 Å². The van der Waals surface area contributed by atoms with Crippen molar-refractivity contribution in [3.05, 3.63) is 44.1 Å². The average Bonchev–Trinajstić information content (AvgIpc) is 2.47. The van der Waals surface area contributed by atoms with Crippen LogP contribution in [0.25, 0.3) is 22.8 Å². The number of allylic oxidation sites excluding steroid dienone is 2. The molecule has 0 saturated carbocycles. The third-order valence-corrected chi connectivity index (χ3v) is 3.98. The van der Waals surface area contributed by atoms with E-state index < -0.39 is 5.43 Å². The van der Waals surface area contributed by atoms with E-state index in [1.807, 2.05) is 19.9 Å². The van der Waals surface area contributed by atoms with Crippen LogP contribution in [0.1, 0.15) is 32.3 Å². The van der Waals surface area contributed by atoms with Crippen molar-refractivity contribution in [1.82, 2.24) is 0 Å². The molecule has 1 aromatic heterocycles. The molecular formula is C18H18O5. The van der Waals surface area contributed by atoms with Gasteiger partial charge in [-0.25, -0.2) is 0 Å². The topological polar surface area (TPSA) is 90.9 Å². The maximum Gasteiger partial charge on any atom is 0.204 e. The molecule has 1 aliphatic rings. The van der Waals surface area contributed by atoms with E-state index in [1.54, 1.807) is 6.08 Å². The Hall–Kier alpha value is -2.69. The molecule has 1 aromatic carbocycles. The summed E-state index contributed by atoms with van der Waals surface area (Å²) in [7, 11) is 0. The zero-order valence-corrected chi connectivity index (χ0v) is 13.0. The van der Waals surface area contributed by atoms with Crippen molar-refractivity contribution in [1.29, 1.82) is 0 Å². The lowest BCUT2D eigenvalue weighted by atomic mass is 10.0. The van der Waals surface area contributed by atoms with Crippen molar-refractivity contribution < 1.29 is 19.7 Å². The molecule has 1 heterocycles. The minimum Gasteiger partial charge on any atom is -0.508 e. The molecule has 5 heteroatoms. The molecule has 0 fully saturated rings. The van der Waals surface area contributed by atoms with E-state index in [-0.39, 0.29) is 44.4 Å². The summed E-state index contributed by atoms with van der Waals surface area (Å²) in [5.74, 6) is -0.406. The number of phenols is 2. The van der Waals surface area contributed by atoms with Crippen LogP contribution in [-0.2, 0) is 6.42 Å². The number of benzene rings is 1. The lowest BCUT2D eigenvalue weighted by Crippen LogP contribution is -2.41. The molecule has 1 aliphatic carbocycles. The van der Waals surface area contributed by atoms with Crippen LogP contribution in [0.5, 0.6) is 11.5 Å². The van der Waals surface area contributed by atoms with Crippen LogP contribution in [0.4, 0.5) is 0 Å². The molecule has 23 heavy (non-hydrogen) atoms. The predicted molar refractivity (Wildman–Crippen MR) is 87.9 cm³/mol. The highest BCUT2D eigenvalue weighted by atomic mass is 16.3. The summed E-state index contributed by atoms with van der Waals surface area (Å²) in [5.41, 5.74) is 1.10. The Morgan fingerprint density at radius 2 is 2.04 bits per heavy atom. The summed E-state index contributed by atoms with van der Waals surface area (Å²) < 4.78 is 5.57. The van der Waals surface area contributed by atoms with E-state index >= 15 is 0 Å². The number of hydrogen-bond acceptors (Lipinski definition) is 5. The normalized spacial score (nSPS) is 13.6. The van der Waals surface area contributed by atoms with Crippen molar-refractivity contribution in [3.8, 4) is 11.5 Å². The summed E-state index contributed by atoms with van der Waals surface area (Å²) in [6.45, 7) is 3.82. The number of aromatic hydroxyl groups is 2. The number of rotatable bonds is 2. The lowest BCUT2D eigenvalue weighted by molar-refractivity contribution is 0.429. The van der Waals surface area contributed by atoms with Gasteiger partial charge in [-0.15, -0.1) is 0 Å². The molecule has 2 aromatic rings. The Kier molecular flexibility index (Phi) is 3.64. The standard InChI is InChI=1S/C18H18O5/c1-9(2)6-7-10-13(20)8-14-15(16(10)21)17(22)11-4-3-5-12(19)18(11)23-14/h4,6,8,19-21H,3,5,7H2,1-2H3. The summed E-state index contributed by atoms with van der Waals surface area (Å²) in [6.07, 6.45) is 4.80. The van der Waals surface area contributed by atoms with Crippen molar-refractivity contribution in [2.24, 2.45) is 0 Å². The van der Waals surface area contributed by atoms with Gasteiger partial charge in [0.2, 0.25) is 5.43 Å². The van der Waals surface area contributed by atoms with Gasteiger partial charge in [-0.05, 0) is 26.7 Å². The first-order valence-electron chi connectivity index (χ1n) is 7.46. The Morgan fingerprint density at radius 3 is 2.74 bits per heavy atom. The smallest absolute Gasteiger partial charge is 0.204 e. The number of fused-ring (bicyclic) bond motifs is 2. The first kappa shape index (κ1) is 15.2. The lowest BCUT2D eigenvalue weighted by Gasteiger charge is -2.10. The van der Waals surface area contributed by atoms with Crippen LogP contribution < -0.4 is 16.1 Å². The van der Waals surface area contributed by atoms with Crippen LogP contribution in [-0.4, -0.2) is 15.3 Å². The SMILES string of the molecule is CC(C)=CCc1c(O)cc2oc3c(c(=O)c2c1O)=CCCC=3O. The molecule has 3 rings (SSSR count). The van der Waals surface area contributed by atoms with Gasteiger partial charge in [0.1, 0.15) is 28.2 Å². The largest absolute Gasteiger partial charge is 0.508 e. The maximum absolute atomic E-state index is 12.7. The minimum absolute atomic E-state index is 0.00842. The summed E-state index contributed by atoms with van der Waals surface area (Å²) in [5, 5.41) is 30.8. The van der Waals surface area contributed by atoms with Gasteiger partial charge in [0.25, 0.3) is 0 Å². The van der Waals surface area contributed by atoms with Crippen molar-refractivity contribution in [2.75, 3.05) is 0 Å².